The Morgan fingerprint density at radius 2 is 1.89 bits per heavy atom. The molecule has 0 aliphatic heterocycles. The predicted octanol–water partition coefficient (Wildman–Crippen LogP) is 1.39. The van der Waals surface area contributed by atoms with Crippen molar-refractivity contribution in [2.45, 2.75) is 27.2 Å². The maximum atomic E-state index is 8.24. The Morgan fingerprint density at radius 1 is 1.33 bits per heavy atom. The molecule has 0 heterocycles. The van der Waals surface area contributed by atoms with Crippen LogP contribution in [-0.2, 0) is 4.74 Å². The Labute approximate surface area is 56.8 Å². The van der Waals surface area contributed by atoms with Crippen molar-refractivity contribution in [2.75, 3.05) is 13.4 Å². The molecule has 2 heteroatoms. The molecule has 0 spiro atoms. The number of aliphatic hydroxyl groups is 1. The molecule has 56 valence electrons. The molecule has 0 aliphatic carbocycles. The Balaban J connectivity index is 3.07. The lowest BCUT2D eigenvalue weighted by molar-refractivity contribution is -0.0105. The smallest absolute Gasteiger partial charge is 0.143 e. The van der Waals surface area contributed by atoms with Crippen LogP contribution in [0.4, 0.5) is 0 Å². The van der Waals surface area contributed by atoms with Crippen LogP contribution in [0.15, 0.2) is 0 Å². The van der Waals surface area contributed by atoms with E-state index in [0.29, 0.717) is 12.0 Å². The van der Waals surface area contributed by atoms with Gasteiger partial charge in [0.25, 0.3) is 0 Å². The first-order valence-corrected chi connectivity index (χ1v) is 3.25. The third-order valence-electron chi connectivity index (χ3n) is 1.09. The molecule has 0 atom stereocenters. The van der Waals surface area contributed by atoms with Gasteiger partial charge in [-0.15, -0.1) is 0 Å². The molecular formula is C7H16O2. The molecular weight excluding hydrogens is 116 g/mol. The topological polar surface area (TPSA) is 29.5 Å². The van der Waals surface area contributed by atoms with Crippen molar-refractivity contribution in [3.05, 3.63) is 0 Å². The average molecular weight is 132 g/mol. The zero-order valence-corrected chi connectivity index (χ0v) is 6.48. The fraction of sp³-hybridized carbons (Fsp3) is 1.00. The molecule has 0 amide bonds. The molecule has 0 aromatic rings. The van der Waals surface area contributed by atoms with Crippen molar-refractivity contribution in [2.24, 2.45) is 5.41 Å². The number of hydrogen-bond donors (Lipinski definition) is 1. The molecule has 9 heavy (non-hydrogen) atoms. The molecule has 0 aliphatic rings. The van der Waals surface area contributed by atoms with Gasteiger partial charge in [-0.25, -0.2) is 0 Å². The van der Waals surface area contributed by atoms with Crippen LogP contribution < -0.4 is 0 Å². The van der Waals surface area contributed by atoms with E-state index in [1.807, 2.05) is 0 Å². The summed E-state index contributed by atoms with van der Waals surface area (Å²) >= 11 is 0. The van der Waals surface area contributed by atoms with Crippen LogP contribution in [0.25, 0.3) is 0 Å². The lowest BCUT2D eigenvalue weighted by Crippen LogP contribution is -2.09. The van der Waals surface area contributed by atoms with Crippen LogP contribution in [-0.4, -0.2) is 18.5 Å². The van der Waals surface area contributed by atoms with Gasteiger partial charge in [0, 0.05) is 6.61 Å². The normalized spacial score (nSPS) is 12.0. The molecule has 0 aromatic heterocycles. The van der Waals surface area contributed by atoms with E-state index in [-0.39, 0.29) is 6.79 Å². The van der Waals surface area contributed by atoms with Gasteiger partial charge < -0.3 is 9.84 Å². The fourth-order valence-corrected chi connectivity index (χ4v) is 0.443. The van der Waals surface area contributed by atoms with E-state index in [2.05, 4.69) is 20.8 Å². The van der Waals surface area contributed by atoms with Crippen LogP contribution in [0.2, 0.25) is 0 Å². The molecule has 0 unspecified atom stereocenters. The third-order valence-corrected chi connectivity index (χ3v) is 1.09. The quantitative estimate of drug-likeness (QED) is 0.464. The van der Waals surface area contributed by atoms with Crippen molar-refractivity contribution < 1.29 is 9.84 Å². The van der Waals surface area contributed by atoms with Crippen LogP contribution in [0.5, 0.6) is 0 Å². The summed E-state index contributed by atoms with van der Waals surface area (Å²) in [6.45, 7) is 6.94. The van der Waals surface area contributed by atoms with E-state index in [0.717, 1.165) is 6.42 Å². The van der Waals surface area contributed by atoms with Crippen molar-refractivity contribution in [1.82, 2.24) is 0 Å². The first-order valence-electron chi connectivity index (χ1n) is 3.25. The van der Waals surface area contributed by atoms with Gasteiger partial charge in [0.2, 0.25) is 0 Å². The number of hydrogen-bond acceptors (Lipinski definition) is 2. The van der Waals surface area contributed by atoms with Crippen LogP contribution in [0.3, 0.4) is 0 Å². The highest BCUT2D eigenvalue weighted by Gasteiger charge is 2.08. The molecule has 0 fully saturated rings. The van der Waals surface area contributed by atoms with Crippen LogP contribution in [0, 0.1) is 5.41 Å². The highest BCUT2D eigenvalue weighted by Crippen LogP contribution is 2.17. The van der Waals surface area contributed by atoms with Gasteiger partial charge in [-0.2, -0.15) is 0 Å². The lowest BCUT2D eigenvalue weighted by atomic mass is 9.93. The van der Waals surface area contributed by atoms with Crippen molar-refractivity contribution in [3.63, 3.8) is 0 Å². The van der Waals surface area contributed by atoms with Crippen molar-refractivity contribution in [3.8, 4) is 0 Å². The van der Waals surface area contributed by atoms with Gasteiger partial charge in [0.1, 0.15) is 6.79 Å². The van der Waals surface area contributed by atoms with E-state index < -0.39 is 0 Å². The molecule has 1 N–H and O–H groups in total. The molecule has 2 nitrogen and oxygen atoms in total. The zero-order chi connectivity index (χ0) is 7.33. The second-order valence-electron chi connectivity index (χ2n) is 3.35. The Hall–Kier alpha value is -0.0800. The monoisotopic (exact) mass is 132 g/mol. The number of rotatable bonds is 3. The highest BCUT2D eigenvalue weighted by molar-refractivity contribution is 4.59. The molecule has 0 radical (unpaired) electrons. The fourth-order valence-electron chi connectivity index (χ4n) is 0.443. The van der Waals surface area contributed by atoms with E-state index in [1.54, 1.807) is 0 Å². The second kappa shape index (κ2) is 3.85. The number of ether oxygens (including phenoxy) is 1. The summed E-state index contributed by atoms with van der Waals surface area (Å²) in [6.07, 6.45) is 0.994. The summed E-state index contributed by atoms with van der Waals surface area (Å²) in [4.78, 5) is 0. The summed E-state index contributed by atoms with van der Waals surface area (Å²) in [7, 11) is 0. The van der Waals surface area contributed by atoms with Gasteiger partial charge in [0.15, 0.2) is 0 Å². The zero-order valence-electron chi connectivity index (χ0n) is 6.48. The van der Waals surface area contributed by atoms with E-state index in [9.17, 15) is 0 Å². The number of aliphatic hydroxyl groups excluding tert-OH is 1. The first-order chi connectivity index (χ1) is 4.06. The summed E-state index contributed by atoms with van der Waals surface area (Å²) in [5, 5.41) is 8.24. The first kappa shape index (κ1) is 8.92. The molecule has 0 aromatic carbocycles. The van der Waals surface area contributed by atoms with Gasteiger partial charge >= 0.3 is 0 Å². The minimum atomic E-state index is -0.157. The minimum absolute atomic E-state index is 0.157. The summed E-state index contributed by atoms with van der Waals surface area (Å²) in [5.41, 5.74) is 0.315. The Morgan fingerprint density at radius 3 is 2.22 bits per heavy atom. The average Bonchev–Trinajstić information content (AvgIpc) is 1.63. The second-order valence-corrected chi connectivity index (χ2v) is 3.35. The Kier molecular flexibility index (Phi) is 3.82. The van der Waals surface area contributed by atoms with Crippen LogP contribution in [0.1, 0.15) is 27.2 Å². The van der Waals surface area contributed by atoms with Gasteiger partial charge in [-0.3, -0.25) is 0 Å². The highest BCUT2D eigenvalue weighted by atomic mass is 16.6. The summed E-state index contributed by atoms with van der Waals surface area (Å²) in [5.74, 6) is 0. The SMILES string of the molecule is CC(C)(C)CCOCO. The van der Waals surface area contributed by atoms with Gasteiger partial charge in [-0.1, -0.05) is 20.8 Å². The molecule has 0 saturated carbocycles. The van der Waals surface area contributed by atoms with Gasteiger partial charge in [0.05, 0.1) is 0 Å². The van der Waals surface area contributed by atoms with Crippen molar-refractivity contribution in [1.29, 1.82) is 0 Å². The summed E-state index contributed by atoms with van der Waals surface area (Å²) < 4.78 is 4.77. The lowest BCUT2D eigenvalue weighted by Gasteiger charge is -2.16. The van der Waals surface area contributed by atoms with Gasteiger partial charge in [-0.05, 0) is 11.8 Å². The predicted molar refractivity (Wildman–Crippen MR) is 37.1 cm³/mol. The van der Waals surface area contributed by atoms with E-state index in [1.165, 1.54) is 0 Å². The standard InChI is InChI=1S/C7H16O2/c1-7(2,3)4-5-9-6-8/h8H,4-6H2,1-3H3. The molecule has 0 bridgehead atoms. The van der Waals surface area contributed by atoms with Crippen molar-refractivity contribution >= 4 is 0 Å². The maximum Gasteiger partial charge on any atom is 0.143 e. The largest absolute Gasteiger partial charge is 0.371 e. The molecule has 0 rings (SSSR count). The van der Waals surface area contributed by atoms with E-state index >= 15 is 0 Å². The van der Waals surface area contributed by atoms with Crippen LogP contribution >= 0.6 is 0 Å². The third kappa shape index (κ3) is 7.92. The summed E-state index contributed by atoms with van der Waals surface area (Å²) in [6, 6.07) is 0. The van der Waals surface area contributed by atoms with E-state index in [4.69, 9.17) is 9.84 Å². The minimum Gasteiger partial charge on any atom is -0.371 e. The Bertz CT molecular complexity index is 63.8. The maximum absolute atomic E-state index is 8.24. The molecule has 0 saturated heterocycles.